The van der Waals surface area contributed by atoms with Gasteiger partial charge in [0.05, 0.1) is 12.2 Å². The molecule has 0 saturated heterocycles. The maximum Gasteiger partial charge on any atom is 0.0624 e. The molecule has 0 aromatic heterocycles. The summed E-state index contributed by atoms with van der Waals surface area (Å²) in [5, 5.41) is 19.4. The van der Waals surface area contributed by atoms with Crippen LogP contribution in [0.4, 0.5) is 0 Å². The molecule has 2 nitrogen and oxygen atoms in total. The van der Waals surface area contributed by atoms with Crippen molar-refractivity contribution in [2.75, 3.05) is 0 Å². The zero-order chi connectivity index (χ0) is 7.59. The summed E-state index contributed by atoms with van der Waals surface area (Å²) in [4.78, 5) is 0. The molecule has 4 fully saturated rings. The van der Waals surface area contributed by atoms with Crippen LogP contribution in [0.1, 0.15) is 19.3 Å². The van der Waals surface area contributed by atoms with E-state index in [1.807, 2.05) is 0 Å². The van der Waals surface area contributed by atoms with Gasteiger partial charge in [-0.15, -0.1) is 0 Å². The van der Waals surface area contributed by atoms with E-state index in [0.717, 1.165) is 6.42 Å². The molecule has 4 bridgehead atoms. The summed E-state index contributed by atoms with van der Waals surface area (Å²) in [7, 11) is 0. The van der Waals surface area contributed by atoms with E-state index in [2.05, 4.69) is 0 Å². The third kappa shape index (κ3) is 0.611. The molecule has 2 heteroatoms. The van der Waals surface area contributed by atoms with Crippen LogP contribution in [0.2, 0.25) is 0 Å². The van der Waals surface area contributed by atoms with Crippen LogP contribution in [-0.2, 0) is 0 Å². The lowest BCUT2D eigenvalue weighted by Crippen LogP contribution is -2.38. The van der Waals surface area contributed by atoms with Gasteiger partial charge in [0, 0.05) is 5.92 Å². The Balaban J connectivity index is 2.00. The fraction of sp³-hybridized carbons (Fsp3) is 1.00. The van der Waals surface area contributed by atoms with Crippen LogP contribution in [0, 0.1) is 23.7 Å². The molecule has 0 amide bonds. The fourth-order valence-electron chi connectivity index (χ4n) is 3.72. The predicted octanol–water partition coefficient (Wildman–Crippen LogP) is 0.384. The lowest BCUT2D eigenvalue weighted by Gasteiger charge is -2.32. The second-order valence-corrected chi connectivity index (χ2v) is 4.55. The molecule has 0 aromatic rings. The van der Waals surface area contributed by atoms with E-state index in [9.17, 15) is 10.2 Å². The summed E-state index contributed by atoms with van der Waals surface area (Å²) in [6.07, 6.45) is 3.09. The number of rotatable bonds is 0. The molecule has 0 spiro atoms. The highest BCUT2D eigenvalue weighted by Crippen LogP contribution is 2.57. The summed E-state index contributed by atoms with van der Waals surface area (Å²) in [6.45, 7) is 0. The van der Waals surface area contributed by atoms with Gasteiger partial charge in [0.15, 0.2) is 0 Å². The molecule has 4 aliphatic carbocycles. The highest BCUT2D eigenvalue weighted by molar-refractivity contribution is 5.07. The molecular formula is C9H14O2. The van der Waals surface area contributed by atoms with Gasteiger partial charge in [-0.1, -0.05) is 0 Å². The molecule has 62 valence electrons. The number of hydrogen-bond donors (Lipinski definition) is 2. The molecule has 0 radical (unpaired) electrons. The van der Waals surface area contributed by atoms with E-state index >= 15 is 0 Å². The lowest BCUT2D eigenvalue weighted by molar-refractivity contribution is -0.0353. The first-order valence-electron chi connectivity index (χ1n) is 4.63. The highest BCUT2D eigenvalue weighted by atomic mass is 16.3. The second-order valence-electron chi connectivity index (χ2n) is 4.55. The minimum Gasteiger partial charge on any atom is -0.392 e. The first-order chi connectivity index (χ1) is 5.27. The Morgan fingerprint density at radius 1 is 0.727 bits per heavy atom. The number of aliphatic hydroxyl groups is 2. The monoisotopic (exact) mass is 154 g/mol. The minimum atomic E-state index is -0.172. The van der Waals surface area contributed by atoms with Gasteiger partial charge in [-0.25, -0.2) is 0 Å². The SMILES string of the molecule is OC1C2CC3CC(C2)C1C3O. The zero-order valence-electron chi connectivity index (χ0n) is 6.48. The molecule has 2 N–H and O–H groups in total. The quantitative estimate of drug-likeness (QED) is 0.529. The summed E-state index contributed by atoms with van der Waals surface area (Å²) in [6, 6.07) is 0. The lowest BCUT2D eigenvalue weighted by atomic mass is 9.79. The molecule has 0 heterocycles. The molecular weight excluding hydrogens is 140 g/mol. The Hall–Kier alpha value is -0.0800. The van der Waals surface area contributed by atoms with E-state index in [0.29, 0.717) is 17.8 Å². The Labute approximate surface area is 66.2 Å². The van der Waals surface area contributed by atoms with Gasteiger partial charge >= 0.3 is 0 Å². The maximum atomic E-state index is 9.72. The molecule has 0 aliphatic heterocycles. The van der Waals surface area contributed by atoms with Crippen molar-refractivity contribution in [1.82, 2.24) is 0 Å². The van der Waals surface area contributed by atoms with E-state index in [4.69, 9.17) is 0 Å². The van der Waals surface area contributed by atoms with Crippen LogP contribution < -0.4 is 0 Å². The van der Waals surface area contributed by atoms with Crippen molar-refractivity contribution >= 4 is 0 Å². The van der Waals surface area contributed by atoms with Crippen LogP contribution in [0.25, 0.3) is 0 Å². The third-order valence-electron chi connectivity index (χ3n) is 4.12. The smallest absolute Gasteiger partial charge is 0.0624 e. The minimum absolute atomic E-state index is 0.172. The normalized spacial score (nSPS) is 66.0. The van der Waals surface area contributed by atoms with Crippen molar-refractivity contribution in [2.24, 2.45) is 23.7 Å². The van der Waals surface area contributed by atoms with Crippen LogP contribution in [0.5, 0.6) is 0 Å². The van der Waals surface area contributed by atoms with Crippen molar-refractivity contribution in [1.29, 1.82) is 0 Å². The van der Waals surface area contributed by atoms with Gasteiger partial charge in [-0.05, 0) is 37.0 Å². The average Bonchev–Trinajstić information content (AvgIpc) is 2.33. The van der Waals surface area contributed by atoms with Gasteiger partial charge in [-0.3, -0.25) is 0 Å². The second kappa shape index (κ2) is 1.80. The van der Waals surface area contributed by atoms with Gasteiger partial charge in [0.1, 0.15) is 0 Å². The zero-order valence-corrected chi connectivity index (χ0v) is 6.48. The number of hydrogen-bond acceptors (Lipinski definition) is 2. The number of aliphatic hydroxyl groups excluding tert-OH is 2. The van der Waals surface area contributed by atoms with Crippen molar-refractivity contribution in [3.8, 4) is 0 Å². The molecule has 0 aromatic carbocycles. The largest absolute Gasteiger partial charge is 0.392 e. The summed E-state index contributed by atoms with van der Waals surface area (Å²) in [5.74, 6) is 1.97. The van der Waals surface area contributed by atoms with E-state index < -0.39 is 0 Å². The predicted molar refractivity (Wildman–Crippen MR) is 39.8 cm³/mol. The summed E-state index contributed by atoms with van der Waals surface area (Å²) in [5.41, 5.74) is 0. The molecule has 4 saturated carbocycles. The van der Waals surface area contributed by atoms with Crippen molar-refractivity contribution < 1.29 is 10.2 Å². The molecule has 11 heavy (non-hydrogen) atoms. The van der Waals surface area contributed by atoms with Gasteiger partial charge in [-0.2, -0.15) is 0 Å². The summed E-state index contributed by atoms with van der Waals surface area (Å²) >= 11 is 0. The van der Waals surface area contributed by atoms with Gasteiger partial charge < -0.3 is 10.2 Å². The van der Waals surface area contributed by atoms with E-state index in [1.54, 1.807) is 0 Å². The molecule has 4 atom stereocenters. The van der Waals surface area contributed by atoms with E-state index in [1.165, 1.54) is 12.8 Å². The van der Waals surface area contributed by atoms with E-state index in [-0.39, 0.29) is 18.1 Å². The van der Waals surface area contributed by atoms with Crippen molar-refractivity contribution in [3.63, 3.8) is 0 Å². The first kappa shape index (κ1) is 6.44. The maximum absolute atomic E-state index is 9.72. The molecule has 4 aliphatic rings. The van der Waals surface area contributed by atoms with Gasteiger partial charge in [0.25, 0.3) is 0 Å². The average molecular weight is 154 g/mol. The Kier molecular flexibility index (Phi) is 1.06. The van der Waals surface area contributed by atoms with Gasteiger partial charge in [0.2, 0.25) is 0 Å². The molecule has 4 unspecified atom stereocenters. The van der Waals surface area contributed by atoms with Crippen molar-refractivity contribution in [2.45, 2.75) is 31.5 Å². The van der Waals surface area contributed by atoms with Crippen molar-refractivity contribution in [3.05, 3.63) is 0 Å². The third-order valence-corrected chi connectivity index (χ3v) is 4.12. The van der Waals surface area contributed by atoms with Crippen LogP contribution in [0.15, 0.2) is 0 Å². The highest BCUT2D eigenvalue weighted by Gasteiger charge is 2.58. The topological polar surface area (TPSA) is 40.5 Å². The Morgan fingerprint density at radius 3 is 1.64 bits per heavy atom. The Bertz CT molecular complexity index is 171. The van der Waals surface area contributed by atoms with Crippen LogP contribution in [-0.4, -0.2) is 22.4 Å². The van der Waals surface area contributed by atoms with Crippen LogP contribution >= 0.6 is 0 Å². The first-order valence-corrected chi connectivity index (χ1v) is 4.63. The fourth-order valence-corrected chi connectivity index (χ4v) is 3.72. The summed E-state index contributed by atoms with van der Waals surface area (Å²) < 4.78 is 0. The standard InChI is InChI=1S/C9H14O2/c10-8-5-1-4-2-6(3-5)9(11)7(4)8/h4-11H,1-3H2. The Morgan fingerprint density at radius 2 is 1.18 bits per heavy atom. The molecule has 4 rings (SSSR count). The van der Waals surface area contributed by atoms with Crippen LogP contribution in [0.3, 0.4) is 0 Å².